The molecule has 2 N–H and O–H groups in total. The summed E-state index contributed by atoms with van der Waals surface area (Å²) in [6.07, 6.45) is 4.79. The zero-order valence-electron chi connectivity index (χ0n) is 9.99. The second-order valence-electron chi connectivity index (χ2n) is 4.53. The average molecular weight is 219 g/mol. The SMILES string of the molecule is CCc1cccc(C(N)C2CCCCO2)c1. The second-order valence-corrected chi connectivity index (χ2v) is 4.53. The van der Waals surface area contributed by atoms with Crippen molar-refractivity contribution in [3.05, 3.63) is 35.4 Å². The molecule has 0 amide bonds. The van der Waals surface area contributed by atoms with Gasteiger partial charge in [0, 0.05) is 6.61 Å². The number of benzene rings is 1. The van der Waals surface area contributed by atoms with Crippen LogP contribution in [0.4, 0.5) is 0 Å². The first kappa shape index (κ1) is 11.6. The molecule has 0 spiro atoms. The van der Waals surface area contributed by atoms with Gasteiger partial charge in [-0.25, -0.2) is 0 Å². The van der Waals surface area contributed by atoms with Gasteiger partial charge in [0.1, 0.15) is 0 Å². The molecule has 1 heterocycles. The van der Waals surface area contributed by atoms with Gasteiger partial charge in [-0.1, -0.05) is 31.2 Å². The Kier molecular flexibility index (Phi) is 3.97. The van der Waals surface area contributed by atoms with E-state index < -0.39 is 0 Å². The molecule has 2 unspecified atom stereocenters. The Labute approximate surface area is 97.8 Å². The molecule has 1 aliphatic heterocycles. The minimum atomic E-state index is 0.0341. The van der Waals surface area contributed by atoms with Crippen LogP contribution in [0.15, 0.2) is 24.3 Å². The fourth-order valence-corrected chi connectivity index (χ4v) is 2.28. The summed E-state index contributed by atoms with van der Waals surface area (Å²) in [7, 11) is 0. The fourth-order valence-electron chi connectivity index (χ4n) is 2.28. The van der Waals surface area contributed by atoms with E-state index in [0.29, 0.717) is 0 Å². The number of ether oxygens (including phenoxy) is 1. The van der Waals surface area contributed by atoms with Gasteiger partial charge in [-0.2, -0.15) is 0 Å². The van der Waals surface area contributed by atoms with Gasteiger partial charge in [-0.15, -0.1) is 0 Å². The van der Waals surface area contributed by atoms with Crippen molar-refractivity contribution in [1.82, 2.24) is 0 Å². The lowest BCUT2D eigenvalue weighted by molar-refractivity contribution is 0.00000379. The third-order valence-electron chi connectivity index (χ3n) is 3.36. The molecule has 0 radical (unpaired) electrons. The van der Waals surface area contributed by atoms with E-state index >= 15 is 0 Å². The lowest BCUT2D eigenvalue weighted by Gasteiger charge is -2.28. The van der Waals surface area contributed by atoms with Gasteiger partial charge >= 0.3 is 0 Å². The van der Waals surface area contributed by atoms with Gasteiger partial charge < -0.3 is 10.5 Å². The summed E-state index contributed by atoms with van der Waals surface area (Å²) in [6, 6.07) is 8.60. The van der Waals surface area contributed by atoms with Crippen molar-refractivity contribution < 1.29 is 4.74 Å². The van der Waals surface area contributed by atoms with E-state index in [1.807, 2.05) is 0 Å². The van der Waals surface area contributed by atoms with Gasteiger partial charge in [-0.05, 0) is 36.8 Å². The van der Waals surface area contributed by atoms with Gasteiger partial charge in [0.15, 0.2) is 0 Å². The number of nitrogens with two attached hydrogens (primary N) is 1. The van der Waals surface area contributed by atoms with E-state index in [1.165, 1.54) is 24.0 Å². The van der Waals surface area contributed by atoms with Crippen LogP contribution in [0.3, 0.4) is 0 Å². The molecule has 2 rings (SSSR count). The molecule has 1 fully saturated rings. The lowest BCUT2D eigenvalue weighted by atomic mass is 9.95. The normalized spacial score (nSPS) is 23.0. The molecule has 0 aromatic heterocycles. The standard InChI is InChI=1S/C14H21NO/c1-2-11-6-5-7-12(10-11)14(15)13-8-3-4-9-16-13/h5-7,10,13-14H,2-4,8-9,15H2,1H3. The third-order valence-corrected chi connectivity index (χ3v) is 3.36. The Balaban J connectivity index is 2.09. The lowest BCUT2D eigenvalue weighted by Crippen LogP contribution is -2.31. The van der Waals surface area contributed by atoms with Crippen LogP contribution in [0, 0.1) is 0 Å². The van der Waals surface area contributed by atoms with Crippen molar-refractivity contribution in [2.45, 2.75) is 44.8 Å². The minimum Gasteiger partial charge on any atom is -0.376 e. The summed E-state index contributed by atoms with van der Waals surface area (Å²) in [6.45, 7) is 3.04. The van der Waals surface area contributed by atoms with Crippen molar-refractivity contribution in [2.24, 2.45) is 5.73 Å². The predicted octanol–water partition coefficient (Wildman–Crippen LogP) is 2.82. The van der Waals surface area contributed by atoms with Gasteiger partial charge in [-0.3, -0.25) is 0 Å². The van der Waals surface area contributed by atoms with Crippen molar-refractivity contribution in [3.8, 4) is 0 Å². The maximum absolute atomic E-state index is 6.27. The molecule has 0 bridgehead atoms. The molecule has 88 valence electrons. The molecular formula is C14H21NO. The molecule has 16 heavy (non-hydrogen) atoms. The summed E-state index contributed by atoms with van der Waals surface area (Å²) < 4.78 is 5.74. The van der Waals surface area contributed by atoms with Crippen LogP contribution < -0.4 is 5.73 Å². The van der Waals surface area contributed by atoms with Crippen LogP contribution in [0.1, 0.15) is 43.4 Å². The molecule has 2 atom stereocenters. The number of hydrogen-bond acceptors (Lipinski definition) is 2. The first-order valence-electron chi connectivity index (χ1n) is 6.27. The monoisotopic (exact) mass is 219 g/mol. The van der Waals surface area contributed by atoms with E-state index in [1.54, 1.807) is 0 Å². The van der Waals surface area contributed by atoms with E-state index in [2.05, 4.69) is 31.2 Å². The van der Waals surface area contributed by atoms with Crippen LogP contribution in [-0.4, -0.2) is 12.7 Å². The van der Waals surface area contributed by atoms with Crippen LogP contribution in [0.2, 0.25) is 0 Å². The third kappa shape index (κ3) is 2.63. The van der Waals surface area contributed by atoms with Crippen LogP contribution in [0.25, 0.3) is 0 Å². The Morgan fingerprint density at radius 3 is 3.00 bits per heavy atom. The molecule has 2 heteroatoms. The summed E-state index contributed by atoms with van der Waals surface area (Å²) in [5, 5.41) is 0. The Morgan fingerprint density at radius 1 is 1.44 bits per heavy atom. The molecule has 1 saturated heterocycles. The minimum absolute atomic E-state index is 0.0341. The van der Waals surface area contributed by atoms with E-state index in [9.17, 15) is 0 Å². The molecule has 0 aliphatic carbocycles. The molecule has 0 saturated carbocycles. The highest BCUT2D eigenvalue weighted by Crippen LogP contribution is 2.25. The Hall–Kier alpha value is -0.860. The quantitative estimate of drug-likeness (QED) is 0.848. The number of rotatable bonds is 3. The second kappa shape index (κ2) is 5.46. The maximum Gasteiger partial charge on any atom is 0.0767 e. The van der Waals surface area contributed by atoms with Crippen molar-refractivity contribution in [2.75, 3.05) is 6.61 Å². The van der Waals surface area contributed by atoms with Crippen LogP contribution >= 0.6 is 0 Å². The zero-order valence-corrected chi connectivity index (χ0v) is 9.99. The summed E-state index contributed by atoms with van der Waals surface area (Å²) in [5.74, 6) is 0. The van der Waals surface area contributed by atoms with Gasteiger partial charge in [0.05, 0.1) is 12.1 Å². The Bertz CT molecular complexity index is 331. The molecule has 1 aromatic rings. The van der Waals surface area contributed by atoms with Crippen molar-refractivity contribution in [3.63, 3.8) is 0 Å². The number of hydrogen-bond donors (Lipinski definition) is 1. The smallest absolute Gasteiger partial charge is 0.0767 e. The largest absolute Gasteiger partial charge is 0.376 e. The van der Waals surface area contributed by atoms with Crippen LogP contribution in [-0.2, 0) is 11.2 Å². The molecule has 2 nitrogen and oxygen atoms in total. The summed E-state index contributed by atoms with van der Waals surface area (Å²) >= 11 is 0. The molecule has 1 aliphatic rings. The van der Waals surface area contributed by atoms with Crippen molar-refractivity contribution >= 4 is 0 Å². The zero-order chi connectivity index (χ0) is 11.4. The van der Waals surface area contributed by atoms with Crippen molar-refractivity contribution in [1.29, 1.82) is 0 Å². The maximum atomic E-state index is 6.27. The topological polar surface area (TPSA) is 35.2 Å². The van der Waals surface area contributed by atoms with Crippen LogP contribution in [0.5, 0.6) is 0 Å². The van der Waals surface area contributed by atoms with E-state index in [-0.39, 0.29) is 12.1 Å². The summed E-state index contributed by atoms with van der Waals surface area (Å²) in [4.78, 5) is 0. The van der Waals surface area contributed by atoms with E-state index in [4.69, 9.17) is 10.5 Å². The fraction of sp³-hybridized carbons (Fsp3) is 0.571. The molecule has 1 aromatic carbocycles. The molecular weight excluding hydrogens is 198 g/mol. The predicted molar refractivity (Wildman–Crippen MR) is 66.3 cm³/mol. The average Bonchev–Trinajstić information content (AvgIpc) is 2.39. The first-order chi connectivity index (χ1) is 7.81. The van der Waals surface area contributed by atoms with Gasteiger partial charge in [0.25, 0.3) is 0 Å². The number of aryl methyl sites for hydroxylation is 1. The highest BCUT2D eigenvalue weighted by Gasteiger charge is 2.22. The van der Waals surface area contributed by atoms with Gasteiger partial charge in [0.2, 0.25) is 0 Å². The highest BCUT2D eigenvalue weighted by molar-refractivity contribution is 5.26. The van der Waals surface area contributed by atoms with E-state index in [0.717, 1.165) is 19.4 Å². The Morgan fingerprint density at radius 2 is 2.31 bits per heavy atom. The summed E-state index contributed by atoms with van der Waals surface area (Å²) in [5.41, 5.74) is 8.83. The highest BCUT2D eigenvalue weighted by atomic mass is 16.5. The first-order valence-corrected chi connectivity index (χ1v) is 6.27.